The smallest absolute Gasteiger partial charge is 0.0518 e. The van der Waals surface area contributed by atoms with Crippen molar-refractivity contribution in [3.63, 3.8) is 0 Å². The van der Waals surface area contributed by atoms with Gasteiger partial charge < -0.3 is 0 Å². The van der Waals surface area contributed by atoms with Crippen LogP contribution >= 0.6 is 10.5 Å². The van der Waals surface area contributed by atoms with Crippen LogP contribution in [0.3, 0.4) is 0 Å². The van der Waals surface area contributed by atoms with Crippen molar-refractivity contribution < 1.29 is 0 Å². The normalized spacial score (nSPS) is 24.0. The molecular weight excluding hydrogens is 332 g/mol. The van der Waals surface area contributed by atoms with Gasteiger partial charge in [-0.15, -0.1) is 10.5 Å². The first-order chi connectivity index (χ1) is 12.7. The van der Waals surface area contributed by atoms with E-state index in [0.29, 0.717) is 11.2 Å². The van der Waals surface area contributed by atoms with Crippen molar-refractivity contribution in [2.45, 2.75) is 19.1 Å². The van der Waals surface area contributed by atoms with Crippen molar-refractivity contribution in [2.75, 3.05) is 0 Å². The average molecular weight is 355 g/mol. The van der Waals surface area contributed by atoms with Crippen LogP contribution in [0.25, 0.3) is 10.8 Å². The van der Waals surface area contributed by atoms with Gasteiger partial charge in [-0.25, -0.2) is 0 Å². The van der Waals surface area contributed by atoms with Gasteiger partial charge in [0.1, 0.15) is 0 Å². The first-order valence-corrected chi connectivity index (χ1v) is 10.5. The second-order valence-corrected chi connectivity index (χ2v) is 9.69. The lowest BCUT2D eigenvalue weighted by Gasteiger charge is -2.23. The Morgan fingerprint density at radius 3 is 2.42 bits per heavy atom. The Bertz CT molecular complexity index is 1090. The van der Waals surface area contributed by atoms with Crippen LogP contribution in [-0.4, -0.2) is 4.86 Å². The molecule has 0 radical (unpaired) electrons. The maximum atomic E-state index is 2.41. The fourth-order valence-electron chi connectivity index (χ4n) is 4.36. The molecule has 2 aromatic carbocycles. The number of hydrogen-bond donors (Lipinski definition) is 0. The van der Waals surface area contributed by atoms with Crippen molar-refractivity contribution in [1.82, 2.24) is 0 Å². The summed E-state index contributed by atoms with van der Waals surface area (Å²) < 4.78 is 0. The quantitative estimate of drug-likeness (QED) is 0.516. The molecule has 2 atom stereocenters. The summed E-state index contributed by atoms with van der Waals surface area (Å²) in [6.07, 6.45) is 16.0. The van der Waals surface area contributed by atoms with E-state index in [-0.39, 0.29) is 10.5 Å². The molecule has 0 fully saturated rings. The molecule has 0 bridgehead atoms. The molecule has 2 aromatic rings. The Kier molecular flexibility index (Phi) is 3.72. The summed E-state index contributed by atoms with van der Waals surface area (Å²) in [5, 5.41) is 3.11. The molecule has 5 rings (SSSR count). The van der Waals surface area contributed by atoms with E-state index < -0.39 is 0 Å². The van der Waals surface area contributed by atoms with Gasteiger partial charge >= 0.3 is 0 Å². The van der Waals surface area contributed by atoms with E-state index >= 15 is 0 Å². The highest BCUT2D eigenvalue weighted by atomic mass is 32.2. The van der Waals surface area contributed by atoms with Gasteiger partial charge in [0.15, 0.2) is 0 Å². The number of rotatable bonds is 2. The van der Waals surface area contributed by atoms with Gasteiger partial charge in [-0.3, -0.25) is 0 Å². The first-order valence-electron chi connectivity index (χ1n) is 9.24. The SMILES string of the molecule is CC(C)=S1C2=CC=CC2=C(C2C=CC=C2)C1c1ccc2ccccc2c1. The third-order valence-corrected chi connectivity index (χ3v) is 8.17. The number of benzene rings is 2. The molecule has 0 N–H and O–H groups in total. The molecule has 1 heteroatoms. The standard InChI is InChI=1S/C25H22S/c1-17(2)26-23-13-7-12-22(23)24(19-9-4-5-10-19)25(26)21-15-14-18-8-3-6-11-20(18)16-21/h3-16,19,25H,1-2H3. The molecule has 2 aliphatic carbocycles. The second-order valence-electron chi connectivity index (χ2n) is 7.29. The summed E-state index contributed by atoms with van der Waals surface area (Å²) in [6.45, 7) is 4.61. The molecule has 0 saturated carbocycles. The fourth-order valence-corrected chi connectivity index (χ4v) is 7.13. The van der Waals surface area contributed by atoms with Gasteiger partial charge in [0.2, 0.25) is 0 Å². The number of allylic oxidation sites excluding steroid dienone is 8. The van der Waals surface area contributed by atoms with E-state index in [1.807, 2.05) is 0 Å². The minimum absolute atomic E-state index is 0.131. The Morgan fingerprint density at radius 2 is 1.65 bits per heavy atom. The largest absolute Gasteiger partial charge is 0.144 e. The molecular formula is C25H22S. The zero-order chi connectivity index (χ0) is 17.7. The molecule has 0 amide bonds. The minimum Gasteiger partial charge on any atom is -0.144 e. The Hall–Kier alpha value is -2.38. The van der Waals surface area contributed by atoms with Gasteiger partial charge in [-0.05, 0) is 58.3 Å². The van der Waals surface area contributed by atoms with Gasteiger partial charge in [0.05, 0.1) is 5.25 Å². The van der Waals surface area contributed by atoms with Crippen molar-refractivity contribution >= 4 is 26.1 Å². The van der Waals surface area contributed by atoms with Crippen LogP contribution in [0, 0.1) is 5.92 Å². The predicted molar refractivity (Wildman–Crippen MR) is 117 cm³/mol. The van der Waals surface area contributed by atoms with E-state index in [0.717, 1.165) is 0 Å². The van der Waals surface area contributed by atoms with Crippen LogP contribution in [0.15, 0.2) is 101 Å². The zero-order valence-corrected chi connectivity index (χ0v) is 16.0. The number of hydrogen-bond acceptors (Lipinski definition) is 0. The molecule has 0 nitrogen and oxygen atoms in total. The van der Waals surface area contributed by atoms with Gasteiger partial charge in [-0.2, -0.15) is 0 Å². The molecule has 128 valence electrons. The lowest BCUT2D eigenvalue weighted by molar-refractivity contribution is 0.904. The van der Waals surface area contributed by atoms with E-state index in [9.17, 15) is 0 Å². The summed E-state index contributed by atoms with van der Waals surface area (Å²) in [5.74, 6) is 0.421. The van der Waals surface area contributed by atoms with E-state index in [1.54, 1.807) is 5.57 Å². The average Bonchev–Trinajstić information content (AvgIpc) is 3.37. The van der Waals surface area contributed by atoms with Crippen LogP contribution in [-0.2, 0) is 0 Å². The zero-order valence-electron chi connectivity index (χ0n) is 15.1. The first kappa shape index (κ1) is 15.8. The second kappa shape index (κ2) is 6.10. The molecule has 1 heterocycles. The monoisotopic (exact) mass is 354 g/mol. The molecule has 0 saturated heterocycles. The summed E-state index contributed by atoms with van der Waals surface area (Å²) in [6, 6.07) is 15.7. The number of fused-ring (bicyclic) bond motifs is 2. The van der Waals surface area contributed by atoms with E-state index in [1.165, 1.54) is 31.7 Å². The minimum atomic E-state index is 0.131. The Labute approximate surface area is 157 Å². The highest BCUT2D eigenvalue weighted by Crippen LogP contribution is 2.61. The summed E-state index contributed by atoms with van der Waals surface area (Å²) in [4.78, 5) is 3.06. The van der Waals surface area contributed by atoms with Crippen molar-refractivity contribution in [2.24, 2.45) is 5.92 Å². The molecule has 0 aromatic heterocycles. The highest BCUT2D eigenvalue weighted by molar-refractivity contribution is 8.20. The molecule has 2 unspecified atom stereocenters. The van der Waals surface area contributed by atoms with Crippen molar-refractivity contribution in [3.8, 4) is 0 Å². The van der Waals surface area contributed by atoms with E-state index in [4.69, 9.17) is 0 Å². The van der Waals surface area contributed by atoms with Crippen LogP contribution < -0.4 is 0 Å². The van der Waals surface area contributed by atoms with Crippen molar-refractivity contribution in [1.29, 1.82) is 0 Å². The maximum absolute atomic E-state index is 2.41. The molecule has 0 spiro atoms. The Balaban J connectivity index is 1.75. The lowest BCUT2D eigenvalue weighted by Crippen LogP contribution is -2.06. The van der Waals surface area contributed by atoms with E-state index in [2.05, 4.69) is 98.8 Å². The van der Waals surface area contributed by atoms with Gasteiger partial charge in [-0.1, -0.05) is 72.9 Å². The van der Waals surface area contributed by atoms with Crippen molar-refractivity contribution in [3.05, 3.63) is 107 Å². The van der Waals surface area contributed by atoms with Crippen LogP contribution in [0.2, 0.25) is 0 Å². The predicted octanol–water partition coefficient (Wildman–Crippen LogP) is 6.87. The summed E-state index contributed by atoms with van der Waals surface area (Å²) >= 11 is 0. The molecule has 3 aliphatic rings. The summed E-state index contributed by atoms with van der Waals surface area (Å²) in [7, 11) is 0.131. The summed E-state index contributed by atoms with van der Waals surface area (Å²) in [5.41, 5.74) is 4.51. The van der Waals surface area contributed by atoms with Crippen LogP contribution in [0.4, 0.5) is 0 Å². The fraction of sp³-hybridized carbons (Fsp3) is 0.160. The van der Waals surface area contributed by atoms with Crippen LogP contribution in [0.5, 0.6) is 0 Å². The topological polar surface area (TPSA) is 0 Å². The third-order valence-electron chi connectivity index (χ3n) is 5.47. The van der Waals surface area contributed by atoms with Crippen LogP contribution in [0.1, 0.15) is 24.7 Å². The molecule has 26 heavy (non-hydrogen) atoms. The van der Waals surface area contributed by atoms with Gasteiger partial charge in [0, 0.05) is 10.8 Å². The molecule has 1 aliphatic heterocycles. The maximum Gasteiger partial charge on any atom is 0.0518 e. The Morgan fingerprint density at radius 1 is 0.885 bits per heavy atom. The lowest BCUT2D eigenvalue weighted by atomic mass is 9.89. The third kappa shape index (κ3) is 2.34. The highest BCUT2D eigenvalue weighted by Gasteiger charge is 2.37. The van der Waals surface area contributed by atoms with Gasteiger partial charge in [0.25, 0.3) is 0 Å².